The molecule has 0 aliphatic rings. The van der Waals surface area contributed by atoms with Crippen molar-refractivity contribution in [2.75, 3.05) is 5.32 Å². The van der Waals surface area contributed by atoms with Crippen LogP contribution in [0.5, 0.6) is 5.75 Å². The van der Waals surface area contributed by atoms with Gasteiger partial charge in [-0.1, -0.05) is 36.4 Å². The minimum absolute atomic E-state index is 0.00949. The molecule has 2 N–H and O–H groups in total. The van der Waals surface area contributed by atoms with Gasteiger partial charge in [-0.15, -0.1) is 0 Å². The molecule has 0 radical (unpaired) electrons. The number of Topliss-reactive ketones (excluding diaryl/α,β-unsaturated/α-hetero) is 1. The molecule has 0 aromatic heterocycles. The lowest BCUT2D eigenvalue weighted by atomic mass is 10.1. The minimum atomic E-state index is -0.495. The average molecular weight is 295 g/mol. The summed E-state index contributed by atoms with van der Waals surface area (Å²) in [6, 6.07) is 13.9. The number of nitrogens with one attached hydrogen (secondary N) is 1. The van der Waals surface area contributed by atoms with E-state index in [1.807, 2.05) is 25.1 Å². The topological polar surface area (TPSA) is 66.4 Å². The van der Waals surface area contributed by atoms with Crippen LogP contribution in [0.25, 0.3) is 6.08 Å². The van der Waals surface area contributed by atoms with Crippen LogP contribution >= 0.6 is 0 Å². The van der Waals surface area contributed by atoms with Gasteiger partial charge in [0.2, 0.25) is 0 Å². The number of ketones is 1. The molecule has 2 aromatic rings. The number of phenols is 1. The molecule has 2 aromatic carbocycles. The number of aryl methyl sites for hydroxylation is 1. The molecule has 0 fully saturated rings. The Balaban J connectivity index is 2.33. The third kappa shape index (κ3) is 3.61. The van der Waals surface area contributed by atoms with Crippen molar-refractivity contribution in [2.24, 2.45) is 0 Å². The first-order chi connectivity index (χ1) is 10.5. The smallest absolute Gasteiger partial charge is 0.259 e. The maximum atomic E-state index is 12.3. The molecule has 22 heavy (non-hydrogen) atoms. The first-order valence-corrected chi connectivity index (χ1v) is 6.86. The zero-order valence-electron chi connectivity index (χ0n) is 12.5. The Hall–Kier alpha value is -2.88. The number of hydrogen-bond donors (Lipinski definition) is 2. The average Bonchev–Trinajstić information content (AvgIpc) is 2.48. The molecule has 112 valence electrons. The second-order valence-electron chi connectivity index (χ2n) is 4.94. The van der Waals surface area contributed by atoms with E-state index in [0.29, 0.717) is 11.3 Å². The van der Waals surface area contributed by atoms with Crippen LogP contribution in [0.3, 0.4) is 0 Å². The highest BCUT2D eigenvalue weighted by molar-refractivity contribution is 6.25. The highest BCUT2D eigenvalue weighted by Gasteiger charge is 2.16. The predicted octanol–water partition coefficient (Wildman–Crippen LogP) is 3.31. The number of carbonyl (C=O) groups excluding carboxylic acids is 2. The van der Waals surface area contributed by atoms with Gasteiger partial charge in [0.15, 0.2) is 5.78 Å². The van der Waals surface area contributed by atoms with Gasteiger partial charge in [-0.2, -0.15) is 0 Å². The van der Waals surface area contributed by atoms with Crippen molar-refractivity contribution in [3.63, 3.8) is 0 Å². The van der Waals surface area contributed by atoms with Gasteiger partial charge in [-0.05, 0) is 37.6 Å². The van der Waals surface area contributed by atoms with Gasteiger partial charge in [0.25, 0.3) is 5.91 Å². The Morgan fingerprint density at radius 3 is 2.32 bits per heavy atom. The molecule has 0 heterocycles. The van der Waals surface area contributed by atoms with Gasteiger partial charge in [-0.3, -0.25) is 9.59 Å². The fourth-order valence-corrected chi connectivity index (χ4v) is 1.99. The van der Waals surface area contributed by atoms with Crippen molar-refractivity contribution in [1.82, 2.24) is 0 Å². The molecule has 0 aliphatic carbocycles. The van der Waals surface area contributed by atoms with Crippen molar-refractivity contribution in [3.05, 3.63) is 65.2 Å². The van der Waals surface area contributed by atoms with Gasteiger partial charge < -0.3 is 10.4 Å². The van der Waals surface area contributed by atoms with E-state index < -0.39 is 5.91 Å². The molecule has 0 unspecified atom stereocenters. The number of hydrogen-bond acceptors (Lipinski definition) is 3. The molecule has 0 aliphatic heterocycles. The van der Waals surface area contributed by atoms with Crippen LogP contribution in [0.2, 0.25) is 0 Å². The molecule has 0 saturated heterocycles. The summed E-state index contributed by atoms with van der Waals surface area (Å²) in [7, 11) is 0. The van der Waals surface area contributed by atoms with Gasteiger partial charge in [0.05, 0.1) is 5.57 Å². The van der Waals surface area contributed by atoms with Gasteiger partial charge in [-0.25, -0.2) is 0 Å². The molecule has 1 amide bonds. The molecule has 0 atom stereocenters. The van der Waals surface area contributed by atoms with Crippen molar-refractivity contribution < 1.29 is 14.7 Å². The Morgan fingerprint density at radius 2 is 1.68 bits per heavy atom. The van der Waals surface area contributed by atoms with Crippen LogP contribution in [0.15, 0.2) is 54.1 Å². The summed E-state index contributed by atoms with van der Waals surface area (Å²) in [6.07, 6.45) is 1.39. The largest absolute Gasteiger partial charge is 0.507 e. The van der Waals surface area contributed by atoms with Crippen LogP contribution in [0.4, 0.5) is 5.69 Å². The molecule has 4 nitrogen and oxygen atoms in total. The number of aromatic hydroxyl groups is 1. The first-order valence-electron chi connectivity index (χ1n) is 6.86. The summed E-state index contributed by atoms with van der Waals surface area (Å²) in [4.78, 5) is 24.1. The molecule has 0 spiro atoms. The van der Waals surface area contributed by atoms with Crippen molar-refractivity contribution >= 4 is 23.5 Å². The number of benzene rings is 2. The molecule has 0 bridgehead atoms. The van der Waals surface area contributed by atoms with Gasteiger partial charge in [0.1, 0.15) is 5.75 Å². The Morgan fingerprint density at radius 1 is 1.05 bits per heavy atom. The summed E-state index contributed by atoms with van der Waals surface area (Å²) >= 11 is 0. The summed E-state index contributed by atoms with van der Waals surface area (Å²) < 4.78 is 0. The van der Waals surface area contributed by atoms with Crippen molar-refractivity contribution in [3.8, 4) is 5.75 Å². The van der Waals surface area contributed by atoms with E-state index in [1.54, 1.807) is 24.3 Å². The molecular formula is C18H17NO3. The molecule has 4 heteroatoms. The van der Waals surface area contributed by atoms with Crippen molar-refractivity contribution in [2.45, 2.75) is 13.8 Å². The zero-order valence-corrected chi connectivity index (χ0v) is 12.5. The van der Waals surface area contributed by atoms with Gasteiger partial charge in [0, 0.05) is 11.3 Å². The Labute approximate surface area is 129 Å². The second kappa shape index (κ2) is 6.72. The van der Waals surface area contributed by atoms with Crippen LogP contribution in [0.1, 0.15) is 18.1 Å². The van der Waals surface area contributed by atoms with E-state index in [0.717, 1.165) is 5.56 Å². The second-order valence-corrected chi connectivity index (χ2v) is 4.94. The normalized spacial score (nSPS) is 11.1. The van der Waals surface area contributed by atoms with E-state index in [4.69, 9.17) is 0 Å². The van der Waals surface area contributed by atoms with Crippen LogP contribution in [-0.2, 0) is 9.59 Å². The number of carbonyl (C=O) groups is 2. The fraction of sp³-hybridized carbons (Fsp3) is 0.111. The maximum absolute atomic E-state index is 12.3. The Bertz CT molecular complexity index is 748. The maximum Gasteiger partial charge on any atom is 0.259 e. The van der Waals surface area contributed by atoms with Crippen LogP contribution in [-0.4, -0.2) is 16.8 Å². The lowest BCUT2D eigenvalue weighted by Gasteiger charge is -2.09. The third-order valence-electron chi connectivity index (χ3n) is 3.25. The van der Waals surface area contributed by atoms with Crippen molar-refractivity contribution in [1.29, 1.82) is 0 Å². The molecule has 0 saturated carbocycles. The predicted molar refractivity (Wildman–Crippen MR) is 86.6 cm³/mol. The fourth-order valence-electron chi connectivity index (χ4n) is 1.99. The molecule has 2 rings (SSSR count). The zero-order chi connectivity index (χ0) is 16.1. The quantitative estimate of drug-likeness (QED) is 0.516. The van der Waals surface area contributed by atoms with E-state index >= 15 is 0 Å². The van der Waals surface area contributed by atoms with E-state index in [9.17, 15) is 14.7 Å². The number of anilines is 1. The van der Waals surface area contributed by atoms with E-state index in [1.165, 1.54) is 19.1 Å². The number of rotatable bonds is 4. The minimum Gasteiger partial charge on any atom is -0.507 e. The SMILES string of the molecule is CC(=O)/C(=C/c1ccccc1O)C(=O)Nc1ccccc1C. The summed E-state index contributed by atoms with van der Waals surface area (Å²) in [5.41, 5.74) is 1.97. The third-order valence-corrected chi connectivity index (χ3v) is 3.25. The number of amides is 1. The highest BCUT2D eigenvalue weighted by Crippen LogP contribution is 2.21. The lowest BCUT2D eigenvalue weighted by molar-refractivity contribution is -0.118. The summed E-state index contributed by atoms with van der Waals surface area (Å²) in [5, 5.41) is 12.5. The number of phenolic OH excluding ortho intramolecular Hbond substituents is 1. The number of para-hydroxylation sites is 2. The standard InChI is InChI=1S/C18H17NO3/c1-12-7-3-5-9-16(12)19-18(22)15(13(2)20)11-14-8-4-6-10-17(14)21/h3-11,21H,1-2H3,(H,19,22)/b15-11-. The summed E-state index contributed by atoms with van der Waals surface area (Å²) in [6.45, 7) is 3.19. The van der Waals surface area contributed by atoms with E-state index in [2.05, 4.69) is 5.32 Å². The summed E-state index contributed by atoms with van der Waals surface area (Å²) in [5.74, 6) is -0.843. The Kier molecular flexibility index (Phi) is 4.73. The van der Waals surface area contributed by atoms with Crippen LogP contribution < -0.4 is 5.32 Å². The monoisotopic (exact) mass is 295 g/mol. The first kappa shape index (κ1) is 15.5. The van der Waals surface area contributed by atoms with Crippen LogP contribution in [0, 0.1) is 6.92 Å². The highest BCUT2D eigenvalue weighted by atomic mass is 16.3. The van der Waals surface area contributed by atoms with E-state index in [-0.39, 0.29) is 17.1 Å². The lowest BCUT2D eigenvalue weighted by Crippen LogP contribution is -2.19. The molecular weight excluding hydrogens is 278 g/mol. The van der Waals surface area contributed by atoms with Gasteiger partial charge >= 0.3 is 0 Å².